The topological polar surface area (TPSA) is 41.4 Å². The molecule has 1 aromatic carbocycles. The maximum atomic E-state index is 13.7. The molecule has 0 radical (unpaired) electrons. The van der Waals surface area contributed by atoms with Crippen LogP contribution in [0.25, 0.3) is 11.3 Å². The second-order valence-electron chi connectivity index (χ2n) is 7.96. The van der Waals surface area contributed by atoms with Gasteiger partial charge in [-0.3, -0.25) is 4.79 Å². The molecule has 0 aliphatic carbocycles. The number of anilines is 1. The lowest BCUT2D eigenvalue weighted by Crippen LogP contribution is -2.47. The lowest BCUT2D eigenvalue weighted by atomic mass is 10.0. The van der Waals surface area contributed by atoms with E-state index in [0.717, 1.165) is 48.7 Å². The fourth-order valence-electron chi connectivity index (χ4n) is 3.57. The van der Waals surface area contributed by atoms with Crippen LogP contribution in [0.5, 0.6) is 0 Å². The Morgan fingerprint density at radius 2 is 1.81 bits per heavy atom. The number of aromatic nitrogens is 2. The fraction of sp³-hybridized carbons (Fsp3) is 0.524. The summed E-state index contributed by atoms with van der Waals surface area (Å²) in [7, 11) is 2.10. The number of benzene rings is 1. The first-order chi connectivity index (χ1) is 12.8. The molecular formula is C21H29FN4O. The van der Waals surface area contributed by atoms with E-state index in [2.05, 4.69) is 35.8 Å². The number of aryl methyl sites for hydroxylation is 1. The first kappa shape index (κ1) is 19.5. The third-order valence-corrected chi connectivity index (χ3v) is 5.16. The van der Waals surface area contributed by atoms with Gasteiger partial charge in [0.05, 0.1) is 5.69 Å². The Bertz CT molecular complexity index is 882. The van der Waals surface area contributed by atoms with Crippen molar-refractivity contribution in [2.75, 3.05) is 38.1 Å². The second kappa shape index (κ2) is 7.80. The van der Waals surface area contributed by atoms with Crippen molar-refractivity contribution in [3.05, 3.63) is 45.5 Å². The van der Waals surface area contributed by atoms with Gasteiger partial charge in [-0.1, -0.05) is 13.8 Å². The average molecular weight is 372 g/mol. The number of likely N-dealkylation sites (N-methyl/N-ethyl adjacent to an activating group) is 1. The SMILES string of the molecule is Cc1cc(-c2nn(CC(C)C)c(=O)c(N3CCN(C)CC3)c2C)ccc1F. The monoisotopic (exact) mass is 372 g/mol. The van der Waals surface area contributed by atoms with Gasteiger partial charge in [-0.25, -0.2) is 9.07 Å². The zero-order valence-corrected chi connectivity index (χ0v) is 16.9. The molecular weight excluding hydrogens is 343 g/mol. The summed E-state index contributed by atoms with van der Waals surface area (Å²) >= 11 is 0. The molecule has 1 aliphatic heterocycles. The maximum absolute atomic E-state index is 13.7. The van der Waals surface area contributed by atoms with E-state index in [9.17, 15) is 9.18 Å². The van der Waals surface area contributed by atoms with Crippen LogP contribution in [0.15, 0.2) is 23.0 Å². The largest absolute Gasteiger partial charge is 0.364 e. The molecule has 0 unspecified atom stereocenters. The van der Waals surface area contributed by atoms with Gasteiger partial charge in [0.15, 0.2) is 0 Å². The first-order valence-electron chi connectivity index (χ1n) is 9.59. The highest BCUT2D eigenvalue weighted by Gasteiger charge is 2.23. The quantitative estimate of drug-likeness (QED) is 0.827. The summed E-state index contributed by atoms with van der Waals surface area (Å²) in [5.74, 6) is 0.0762. The van der Waals surface area contributed by atoms with E-state index < -0.39 is 0 Å². The number of hydrogen-bond donors (Lipinski definition) is 0. The van der Waals surface area contributed by atoms with Crippen LogP contribution in [0.1, 0.15) is 25.0 Å². The van der Waals surface area contributed by atoms with Gasteiger partial charge in [0.1, 0.15) is 11.5 Å². The van der Waals surface area contributed by atoms with Gasteiger partial charge in [-0.2, -0.15) is 5.10 Å². The molecule has 2 heterocycles. The molecule has 27 heavy (non-hydrogen) atoms. The highest BCUT2D eigenvalue weighted by atomic mass is 19.1. The summed E-state index contributed by atoms with van der Waals surface area (Å²) in [6.07, 6.45) is 0. The first-order valence-corrected chi connectivity index (χ1v) is 9.59. The van der Waals surface area contributed by atoms with Crippen LogP contribution in [0.3, 0.4) is 0 Å². The zero-order valence-electron chi connectivity index (χ0n) is 16.9. The van der Waals surface area contributed by atoms with E-state index in [-0.39, 0.29) is 11.4 Å². The Labute approximate surface area is 160 Å². The van der Waals surface area contributed by atoms with Crippen molar-refractivity contribution in [2.24, 2.45) is 5.92 Å². The Balaban J connectivity index is 2.16. The fourth-order valence-corrected chi connectivity index (χ4v) is 3.57. The minimum absolute atomic E-state index is 0.0339. The van der Waals surface area contributed by atoms with E-state index >= 15 is 0 Å². The molecule has 0 atom stereocenters. The Hall–Kier alpha value is -2.21. The molecule has 2 aromatic rings. The minimum atomic E-state index is -0.230. The van der Waals surface area contributed by atoms with Crippen LogP contribution in [-0.4, -0.2) is 47.9 Å². The number of halogens is 1. The number of rotatable bonds is 4. The molecule has 1 saturated heterocycles. The molecule has 5 nitrogen and oxygen atoms in total. The molecule has 3 rings (SSSR count). The standard InChI is InChI=1S/C21H29FN4O/c1-14(2)13-26-21(27)20(25-10-8-24(5)9-11-25)16(4)19(23-26)17-6-7-18(22)15(3)12-17/h6-7,12,14H,8-11,13H2,1-5H3. The van der Waals surface area contributed by atoms with E-state index in [1.54, 1.807) is 17.7 Å². The summed E-state index contributed by atoms with van der Waals surface area (Å²) in [6.45, 7) is 11.9. The van der Waals surface area contributed by atoms with Crippen molar-refractivity contribution in [3.63, 3.8) is 0 Å². The molecule has 0 N–H and O–H groups in total. The zero-order chi connectivity index (χ0) is 19.7. The average Bonchev–Trinajstić information content (AvgIpc) is 2.61. The van der Waals surface area contributed by atoms with Crippen LogP contribution in [0.4, 0.5) is 10.1 Å². The summed E-state index contributed by atoms with van der Waals surface area (Å²) in [6, 6.07) is 5.03. The number of hydrogen-bond acceptors (Lipinski definition) is 4. The van der Waals surface area contributed by atoms with Crippen LogP contribution in [0, 0.1) is 25.6 Å². The second-order valence-corrected chi connectivity index (χ2v) is 7.96. The molecule has 0 bridgehead atoms. The summed E-state index contributed by atoms with van der Waals surface area (Å²) in [5.41, 5.74) is 3.75. The van der Waals surface area contributed by atoms with Gasteiger partial charge in [-0.15, -0.1) is 0 Å². The Morgan fingerprint density at radius 1 is 1.15 bits per heavy atom. The predicted molar refractivity (Wildman–Crippen MR) is 108 cm³/mol. The van der Waals surface area contributed by atoms with Crippen molar-refractivity contribution in [1.29, 1.82) is 0 Å². The van der Waals surface area contributed by atoms with Gasteiger partial charge in [0.2, 0.25) is 0 Å². The highest BCUT2D eigenvalue weighted by Crippen LogP contribution is 2.28. The maximum Gasteiger partial charge on any atom is 0.290 e. The van der Waals surface area contributed by atoms with E-state index in [1.165, 1.54) is 6.07 Å². The van der Waals surface area contributed by atoms with E-state index in [4.69, 9.17) is 0 Å². The van der Waals surface area contributed by atoms with Crippen molar-refractivity contribution >= 4 is 5.69 Å². The highest BCUT2D eigenvalue weighted by molar-refractivity contribution is 5.70. The third kappa shape index (κ3) is 4.05. The van der Waals surface area contributed by atoms with E-state index in [1.807, 2.05) is 13.0 Å². The number of piperazine rings is 1. The van der Waals surface area contributed by atoms with Crippen LogP contribution in [-0.2, 0) is 6.54 Å². The molecule has 0 amide bonds. The molecule has 0 spiro atoms. The normalized spacial score (nSPS) is 15.6. The van der Waals surface area contributed by atoms with E-state index in [0.29, 0.717) is 18.0 Å². The molecule has 1 fully saturated rings. The van der Waals surface area contributed by atoms with Crippen molar-refractivity contribution in [3.8, 4) is 11.3 Å². The van der Waals surface area contributed by atoms with Gasteiger partial charge < -0.3 is 9.80 Å². The Morgan fingerprint density at radius 3 is 2.41 bits per heavy atom. The van der Waals surface area contributed by atoms with Crippen molar-refractivity contribution in [1.82, 2.24) is 14.7 Å². The van der Waals surface area contributed by atoms with Crippen LogP contribution >= 0.6 is 0 Å². The molecule has 1 aromatic heterocycles. The summed E-state index contributed by atoms with van der Waals surface area (Å²) in [4.78, 5) is 17.6. The summed E-state index contributed by atoms with van der Waals surface area (Å²) in [5, 5.41) is 4.67. The van der Waals surface area contributed by atoms with Gasteiger partial charge in [0.25, 0.3) is 5.56 Å². The molecule has 6 heteroatoms. The van der Waals surface area contributed by atoms with Gasteiger partial charge in [0, 0.05) is 43.9 Å². The molecule has 1 aliphatic rings. The minimum Gasteiger partial charge on any atom is -0.364 e. The van der Waals surface area contributed by atoms with Gasteiger partial charge in [-0.05, 0) is 50.6 Å². The van der Waals surface area contributed by atoms with Crippen molar-refractivity contribution in [2.45, 2.75) is 34.2 Å². The lowest BCUT2D eigenvalue weighted by molar-refractivity contribution is 0.312. The predicted octanol–water partition coefficient (Wildman–Crippen LogP) is 3.07. The summed E-state index contributed by atoms with van der Waals surface area (Å²) < 4.78 is 15.3. The van der Waals surface area contributed by atoms with Crippen molar-refractivity contribution < 1.29 is 4.39 Å². The lowest BCUT2D eigenvalue weighted by Gasteiger charge is -2.34. The molecule has 146 valence electrons. The van der Waals surface area contributed by atoms with Crippen LogP contribution in [0.2, 0.25) is 0 Å². The third-order valence-electron chi connectivity index (χ3n) is 5.16. The molecule has 0 saturated carbocycles. The van der Waals surface area contributed by atoms with Gasteiger partial charge >= 0.3 is 0 Å². The Kier molecular flexibility index (Phi) is 5.65. The van der Waals surface area contributed by atoms with Crippen LogP contribution < -0.4 is 10.5 Å². The smallest absolute Gasteiger partial charge is 0.290 e. The number of nitrogens with zero attached hydrogens (tertiary/aromatic N) is 4.